The molecular weight excluding hydrogens is 348 g/mol. The molecule has 4 rings (SSSR count). The zero-order chi connectivity index (χ0) is 16.9. The van der Waals surface area contributed by atoms with Crippen LogP contribution in [0, 0.1) is 6.92 Å². The van der Waals surface area contributed by atoms with E-state index in [9.17, 15) is 8.42 Å². The van der Waals surface area contributed by atoms with Gasteiger partial charge < -0.3 is 10.3 Å². The van der Waals surface area contributed by atoms with E-state index < -0.39 is 21.6 Å². The minimum atomic E-state index is -3.54. The Morgan fingerprint density at radius 2 is 2.17 bits per heavy atom. The number of sulfonamides is 1. The van der Waals surface area contributed by atoms with E-state index in [1.807, 2.05) is 13.0 Å². The summed E-state index contributed by atoms with van der Waals surface area (Å²) in [5.74, 6) is 0.857. The smallest absolute Gasteiger partial charge is 0.253 e. The third kappa shape index (κ3) is 2.50. The van der Waals surface area contributed by atoms with Gasteiger partial charge in [0.05, 0.1) is 5.54 Å². The van der Waals surface area contributed by atoms with Crippen LogP contribution in [0.15, 0.2) is 20.9 Å². The van der Waals surface area contributed by atoms with Crippen LogP contribution in [-0.4, -0.2) is 29.4 Å². The van der Waals surface area contributed by atoms with Crippen molar-refractivity contribution < 1.29 is 12.9 Å². The molecule has 1 atom stereocenters. The number of rotatable bonds is 4. The zero-order valence-electron chi connectivity index (χ0n) is 13.4. The summed E-state index contributed by atoms with van der Waals surface area (Å²) in [6.07, 6.45) is 4.20. The highest BCUT2D eigenvalue weighted by atomic mass is 32.2. The summed E-state index contributed by atoms with van der Waals surface area (Å²) in [7, 11) is -3.54. The van der Waals surface area contributed by atoms with Crippen molar-refractivity contribution >= 4 is 21.4 Å². The van der Waals surface area contributed by atoms with E-state index in [-0.39, 0.29) is 0 Å². The lowest BCUT2D eigenvalue weighted by Gasteiger charge is -2.34. The average molecular weight is 368 g/mol. The molecule has 1 aliphatic heterocycles. The quantitative estimate of drug-likeness (QED) is 0.888. The molecule has 24 heavy (non-hydrogen) atoms. The third-order valence-electron chi connectivity index (χ3n) is 4.90. The fourth-order valence-electron chi connectivity index (χ4n) is 3.30. The standard InChI is InChI=1S/C15H20N4O3S2/c1-10-5-6-12(23-10)24(20,21)19-9-2-4-11(19)13-17-14(18-22-13)15(16)7-3-8-15/h5-6,11H,2-4,7-9,16H2,1H3. The summed E-state index contributed by atoms with van der Waals surface area (Å²) in [6.45, 7) is 2.37. The van der Waals surface area contributed by atoms with E-state index in [1.54, 1.807) is 6.07 Å². The molecule has 0 amide bonds. The van der Waals surface area contributed by atoms with Crippen LogP contribution in [0.5, 0.6) is 0 Å². The molecule has 2 aromatic rings. The Hall–Kier alpha value is -1.29. The Bertz CT molecular complexity index is 854. The summed E-state index contributed by atoms with van der Waals surface area (Å²) in [6, 6.07) is 3.08. The summed E-state index contributed by atoms with van der Waals surface area (Å²) in [5, 5.41) is 4.02. The molecule has 1 aliphatic carbocycles. The first-order valence-corrected chi connectivity index (χ1v) is 10.4. The van der Waals surface area contributed by atoms with Crippen molar-refractivity contribution in [2.24, 2.45) is 5.73 Å². The van der Waals surface area contributed by atoms with Gasteiger partial charge in [0.25, 0.3) is 10.0 Å². The molecule has 0 radical (unpaired) electrons. The van der Waals surface area contributed by atoms with Crippen molar-refractivity contribution in [2.75, 3.05) is 6.54 Å². The monoisotopic (exact) mass is 368 g/mol. The van der Waals surface area contributed by atoms with E-state index in [1.165, 1.54) is 15.6 Å². The summed E-state index contributed by atoms with van der Waals surface area (Å²) in [5.41, 5.74) is 5.73. The Labute approximate surface area is 144 Å². The van der Waals surface area contributed by atoms with Gasteiger partial charge in [-0.05, 0) is 51.2 Å². The lowest BCUT2D eigenvalue weighted by Crippen LogP contribution is -2.44. The molecule has 0 spiro atoms. The molecule has 2 fully saturated rings. The lowest BCUT2D eigenvalue weighted by molar-refractivity contribution is 0.227. The van der Waals surface area contributed by atoms with Crippen molar-refractivity contribution in [3.05, 3.63) is 28.7 Å². The van der Waals surface area contributed by atoms with E-state index in [2.05, 4.69) is 10.1 Å². The highest BCUT2D eigenvalue weighted by Gasteiger charge is 2.43. The maximum Gasteiger partial charge on any atom is 0.253 e. The van der Waals surface area contributed by atoms with Crippen LogP contribution < -0.4 is 5.73 Å². The highest BCUT2D eigenvalue weighted by Crippen LogP contribution is 2.40. The number of thiophene rings is 1. The van der Waals surface area contributed by atoms with Gasteiger partial charge >= 0.3 is 0 Å². The van der Waals surface area contributed by atoms with Gasteiger partial charge in [0, 0.05) is 11.4 Å². The normalized spacial score (nSPS) is 24.2. The van der Waals surface area contributed by atoms with E-state index in [0.717, 1.165) is 30.6 Å². The van der Waals surface area contributed by atoms with Gasteiger partial charge in [-0.2, -0.15) is 9.29 Å². The molecule has 9 heteroatoms. The van der Waals surface area contributed by atoms with Crippen molar-refractivity contribution in [1.82, 2.24) is 14.4 Å². The number of hydrogen-bond donors (Lipinski definition) is 1. The maximum atomic E-state index is 12.9. The Balaban J connectivity index is 1.63. The van der Waals surface area contributed by atoms with Crippen LogP contribution in [-0.2, 0) is 15.6 Å². The molecular formula is C15H20N4O3S2. The molecule has 1 saturated carbocycles. The second-order valence-corrected chi connectivity index (χ2v) is 10.0. The summed E-state index contributed by atoms with van der Waals surface area (Å²) in [4.78, 5) is 5.41. The fraction of sp³-hybridized carbons (Fsp3) is 0.600. The molecule has 3 heterocycles. The number of nitrogens with two attached hydrogens (primary N) is 1. The Morgan fingerprint density at radius 3 is 2.79 bits per heavy atom. The second-order valence-electron chi connectivity index (χ2n) is 6.60. The Morgan fingerprint density at radius 1 is 1.38 bits per heavy atom. The zero-order valence-corrected chi connectivity index (χ0v) is 15.1. The van der Waals surface area contributed by atoms with Gasteiger partial charge in [-0.3, -0.25) is 0 Å². The van der Waals surface area contributed by atoms with Gasteiger partial charge in [0.15, 0.2) is 5.82 Å². The highest BCUT2D eigenvalue weighted by molar-refractivity contribution is 7.91. The van der Waals surface area contributed by atoms with Crippen molar-refractivity contribution in [3.8, 4) is 0 Å². The van der Waals surface area contributed by atoms with Crippen molar-refractivity contribution in [2.45, 2.75) is 54.8 Å². The van der Waals surface area contributed by atoms with Gasteiger partial charge in [0.1, 0.15) is 10.3 Å². The summed E-state index contributed by atoms with van der Waals surface area (Å²) < 4.78 is 33.1. The molecule has 1 unspecified atom stereocenters. The first-order chi connectivity index (χ1) is 11.4. The molecule has 2 aliphatic rings. The van der Waals surface area contributed by atoms with E-state index in [4.69, 9.17) is 10.3 Å². The molecule has 0 aromatic carbocycles. The van der Waals surface area contributed by atoms with Gasteiger partial charge in [-0.15, -0.1) is 11.3 Å². The molecule has 130 valence electrons. The van der Waals surface area contributed by atoms with Crippen molar-refractivity contribution in [1.29, 1.82) is 0 Å². The SMILES string of the molecule is Cc1ccc(S(=O)(=O)N2CCCC2c2nc(C3(N)CCC3)no2)s1. The number of aromatic nitrogens is 2. The maximum absolute atomic E-state index is 12.9. The first-order valence-electron chi connectivity index (χ1n) is 8.11. The van der Waals surface area contributed by atoms with Crippen LogP contribution >= 0.6 is 11.3 Å². The minimum absolute atomic E-state index is 0.357. The van der Waals surface area contributed by atoms with Crippen LogP contribution in [0.1, 0.15) is 54.7 Å². The van der Waals surface area contributed by atoms with Crippen molar-refractivity contribution in [3.63, 3.8) is 0 Å². The Kier molecular flexibility index (Phi) is 3.79. The molecule has 0 bridgehead atoms. The second kappa shape index (κ2) is 5.62. The number of aryl methyl sites for hydroxylation is 1. The molecule has 2 aromatic heterocycles. The van der Waals surface area contributed by atoms with Crippen LogP contribution in [0.3, 0.4) is 0 Å². The fourth-order valence-corrected chi connectivity index (χ4v) is 6.36. The van der Waals surface area contributed by atoms with Gasteiger partial charge in [0.2, 0.25) is 5.89 Å². The largest absolute Gasteiger partial charge is 0.337 e. The number of hydrogen-bond acceptors (Lipinski definition) is 7. The van der Waals surface area contributed by atoms with Crippen LogP contribution in [0.25, 0.3) is 0 Å². The minimum Gasteiger partial charge on any atom is -0.337 e. The first kappa shape index (κ1) is 16.2. The van der Waals surface area contributed by atoms with Gasteiger partial charge in [-0.25, -0.2) is 8.42 Å². The average Bonchev–Trinajstić information content (AvgIpc) is 3.23. The van der Waals surface area contributed by atoms with Crippen LogP contribution in [0.2, 0.25) is 0 Å². The van der Waals surface area contributed by atoms with Crippen LogP contribution in [0.4, 0.5) is 0 Å². The topological polar surface area (TPSA) is 102 Å². The summed E-state index contributed by atoms with van der Waals surface area (Å²) >= 11 is 1.28. The number of nitrogens with zero attached hydrogens (tertiary/aromatic N) is 3. The molecule has 7 nitrogen and oxygen atoms in total. The predicted molar refractivity (Wildman–Crippen MR) is 88.9 cm³/mol. The molecule has 2 N–H and O–H groups in total. The molecule has 1 saturated heterocycles. The predicted octanol–water partition coefficient (Wildman–Crippen LogP) is 2.30. The third-order valence-corrected chi connectivity index (χ3v) is 8.28. The van der Waals surface area contributed by atoms with Gasteiger partial charge in [-0.1, -0.05) is 5.16 Å². The van der Waals surface area contributed by atoms with E-state index in [0.29, 0.717) is 28.9 Å². The lowest BCUT2D eigenvalue weighted by atomic mass is 9.77. The van der Waals surface area contributed by atoms with E-state index >= 15 is 0 Å².